The molecule has 6 nitrogen and oxygen atoms in total. The molecule has 6 rings (SSSR count). The van der Waals surface area contributed by atoms with Crippen molar-refractivity contribution >= 4 is 40.3 Å². The van der Waals surface area contributed by atoms with Gasteiger partial charge in [-0.05, 0) is 79.3 Å². The van der Waals surface area contributed by atoms with E-state index in [9.17, 15) is 4.79 Å². The number of urea groups is 1. The van der Waals surface area contributed by atoms with Gasteiger partial charge in [-0.15, -0.1) is 0 Å². The number of hydrogen-bond donors (Lipinski definition) is 1. The highest BCUT2D eigenvalue weighted by atomic mass is 35.5. The van der Waals surface area contributed by atoms with Crippen LogP contribution >= 0.6 is 23.2 Å². The number of H-pyrrole nitrogens is 1. The number of aryl methyl sites for hydroxylation is 1. The van der Waals surface area contributed by atoms with Gasteiger partial charge in [0.15, 0.2) is 0 Å². The Morgan fingerprint density at radius 2 is 1.84 bits per heavy atom. The van der Waals surface area contributed by atoms with Gasteiger partial charge in [-0.25, -0.2) is 9.78 Å². The van der Waals surface area contributed by atoms with Gasteiger partial charge < -0.3 is 19.5 Å². The van der Waals surface area contributed by atoms with Gasteiger partial charge in [-0.3, -0.25) is 0 Å². The van der Waals surface area contributed by atoms with E-state index in [0.29, 0.717) is 29.7 Å². The van der Waals surface area contributed by atoms with Crippen LogP contribution in [0.3, 0.4) is 0 Å². The second kappa shape index (κ2) is 9.92. The Morgan fingerprint density at radius 1 is 1.00 bits per heavy atom. The number of hydrogen-bond acceptors (Lipinski definition) is 3. The molecule has 2 aliphatic rings. The molecule has 8 heteroatoms. The number of carbonyl (C=O) groups is 1. The molecule has 0 bridgehead atoms. The molecule has 0 spiro atoms. The lowest BCUT2D eigenvalue weighted by atomic mass is 9.95. The lowest BCUT2D eigenvalue weighted by Crippen LogP contribution is -2.47. The summed E-state index contributed by atoms with van der Waals surface area (Å²) in [5.41, 5.74) is 6.17. The first-order valence-corrected chi connectivity index (χ1v) is 13.4. The first-order chi connectivity index (χ1) is 18.0. The van der Waals surface area contributed by atoms with Gasteiger partial charge in [0.25, 0.3) is 0 Å². The summed E-state index contributed by atoms with van der Waals surface area (Å²) in [6, 6.07) is 18.2. The Morgan fingerprint density at radius 3 is 2.70 bits per heavy atom. The van der Waals surface area contributed by atoms with Crippen molar-refractivity contribution in [3.8, 4) is 16.9 Å². The summed E-state index contributed by atoms with van der Waals surface area (Å²) in [7, 11) is 0. The highest BCUT2D eigenvalue weighted by Crippen LogP contribution is 2.36. The van der Waals surface area contributed by atoms with Crippen LogP contribution < -0.4 is 4.74 Å². The molecule has 2 aliphatic heterocycles. The van der Waals surface area contributed by atoms with Crippen LogP contribution in [0.25, 0.3) is 22.2 Å². The van der Waals surface area contributed by atoms with Gasteiger partial charge >= 0.3 is 6.03 Å². The summed E-state index contributed by atoms with van der Waals surface area (Å²) in [6.45, 7) is 4.17. The predicted octanol–water partition coefficient (Wildman–Crippen LogP) is 7.39. The van der Waals surface area contributed by atoms with E-state index < -0.39 is 0 Å². The molecule has 1 saturated heterocycles. The number of halogens is 2. The molecular weight excluding hydrogens is 507 g/mol. The van der Waals surface area contributed by atoms with Crippen molar-refractivity contribution in [2.24, 2.45) is 0 Å². The van der Waals surface area contributed by atoms with Crippen LogP contribution in [0.2, 0.25) is 10.0 Å². The Labute approximate surface area is 226 Å². The van der Waals surface area contributed by atoms with E-state index in [0.717, 1.165) is 70.7 Å². The standard InChI is InChI=1S/C29H28Cl2N4O2/c1-18-32-25-9-6-20(16-26(25)33-18)19-7-10-28-22(14-19)17-34(12-13-37-28)29(36)35-11-3-2-4-27(35)21-5-8-23(30)24(31)15-21/h5-10,14-16,27H,2-4,11-13,17H2,1H3,(H,32,33). The van der Waals surface area contributed by atoms with Gasteiger partial charge in [0, 0.05) is 12.1 Å². The molecule has 2 amide bonds. The maximum Gasteiger partial charge on any atom is 0.320 e. The molecule has 3 heterocycles. The molecule has 4 aromatic rings. The highest BCUT2D eigenvalue weighted by molar-refractivity contribution is 6.42. The third kappa shape index (κ3) is 4.76. The van der Waals surface area contributed by atoms with Crippen molar-refractivity contribution in [3.63, 3.8) is 0 Å². The molecule has 1 atom stereocenters. The normalized spacial score (nSPS) is 17.9. The van der Waals surface area contributed by atoms with Crippen molar-refractivity contribution in [1.29, 1.82) is 0 Å². The minimum Gasteiger partial charge on any atom is -0.491 e. The average Bonchev–Trinajstić information content (AvgIpc) is 3.15. The lowest BCUT2D eigenvalue weighted by molar-refractivity contribution is 0.110. The van der Waals surface area contributed by atoms with Crippen molar-refractivity contribution in [1.82, 2.24) is 19.8 Å². The number of imidazole rings is 1. The lowest BCUT2D eigenvalue weighted by Gasteiger charge is -2.39. The number of piperidine rings is 1. The number of aromatic amines is 1. The smallest absolute Gasteiger partial charge is 0.320 e. The monoisotopic (exact) mass is 534 g/mol. The second-order valence-corrected chi connectivity index (χ2v) is 10.6. The number of nitrogens with one attached hydrogen (secondary N) is 1. The zero-order valence-corrected chi connectivity index (χ0v) is 22.1. The molecule has 1 unspecified atom stereocenters. The fraction of sp³-hybridized carbons (Fsp3) is 0.310. The molecule has 37 heavy (non-hydrogen) atoms. The van der Waals surface area contributed by atoms with E-state index >= 15 is 0 Å². The number of nitrogens with zero attached hydrogens (tertiary/aromatic N) is 3. The van der Waals surface area contributed by atoms with Crippen molar-refractivity contribution < 1.29 is 9.53 Å². The molecular formula is C29H28Cl2N4O2. The Balaban J connectivity index is 1.27. The van der Waals surface area contributed by atoms with Gasteiger partial charge in [-0.1, -0.05) is 41.4 Å². The number of rotatable bonds is 2. The van der Waals surface area contributed by atoms with Crippen LogP contribution in [-0.4, -0.2) is 45.5 Å². The number of carbonyl (C=O) groups excluding carboxylic acids is 1. The summed E-state index contributed by atoms with van der Waals surface area (Å²) in [5.74, 6) is 1.73. The third-order valence-electron chi connectivity index (χ3n) is 7.32. The molecule has 3 aromatic carbocycles. The van der Waals surface area contributed by atoms with Gasteiger partial charge in [0.2, 0.25) is 0 Å². The fourth-order valence-electron chi connectivity index (χ4n) is 5.46. The first-order valence-electron chi connectivity index (χ1n) is 12.7. The Kier molecular flexibility index (Phi) is 6.47. The van der Waals surface area contributed by atoms with Crippen LogP contribution in [0.15, 0.2) is 54.6 Å². The number of amides is 2. The number of ether oxygens (including phenoxy) is 1. The van der Waals surface area contributed by atoms with E-state index in [2.05, 4.69) is 34.2 Å². The van der Waals surface area contributed by atoms with Crippen LogP contribution in [0.1, 0.15) is 42.3 Å². The summed E-state index contributed by atoms with van der Waals surface area (Å²) in [4.78, 5) is 25.6. The summed E-state index contributed by atoms with van der Waals surface area (Å²) in [6.07, 6.45) is 2.97. The molecule has 0 aliphatic carbocycles. The maximum atomic E-state index is 13.9. The predicted molar refractivity (Wildman–Crippen MR) is 147 cm³/mol. The summed E-state index contributed by atoms with van der Waals surface area (Å²) >= 11 is 12.5. The SMILES string of the molecule is Cc1nc2ccc(-c3ccc4c(c3)CN(C(=O)N3CCCCC3c3ccc(Cl)c(Cl)c3)CCO4)cc2[nH]1. The van der Waals surface area contributed by atoms with Crippen molar-refractivity contribution in [2.75, 3.05) is 19.7 Å². The summed E-state index contributed by atoms with van der Waals surface area (Å²) < 4.78 is 6.06. The molecule has 1 aromatic heterocycles. The quantitative estimate of drug-likeness (QED) is 0.291. The number of fused-ring (bicyclic) bond motifs is 2. The van der Waals surface area contributed by atoms with E-state index in [-0.39, 0.29) is 12.1 Å². The van der Waals surface area contributed by atoms with Gasteiger partial charge in [0.1, 0.15) is 18.2 Å². The minimum absolute atomic E-state index is 0.0180. The van der Waals surface area contributed by atoms with E-state index in [1.807, 2.05) is 47.1 Å². The van der Waals surface area contributed by atoms with Gasteiger partial charge in [-0.2, -0.15) is 0 Å². The fourth-order valence-corrected chi connectivity index (χ4v) is 5.77. The van der Waals surface area contributed by atoms with E-state index in [1.165, 1.54) is 0 Å². The largest absolute Gasteiger partial charge is 0.491 e. The molecule has 1 N–H and O–H groups in total. The van der Waals surface area contributed by atoms with Crippen LogP contribution in [-0.2, 0) is 6.54 Å². The number of benzene rings is 3. The van der Waals surface area contributed by atoms with Crippen molar-refractivity contribution in [3.05, 3.63) is 81.6 Å². The molecule has 0 radical (unpaired) electrons. The zero-order chi connectivity index (χ0) is 25.5. The third-order valence-corrected chi connectivity index (χ3v) is 8.06. The van der Waals surface area contributed by atoms with Crippen LogP contribution in [0.5, 0.6) is 5.75 Å². The van der Waals surface area contributed by atoms with E-state index in [1.54, 1.807) is 0 Å². The maximum absolute atomic E-state index is 13.9. The number of aromatic nitrogens is 2. The highest BCUT2D eigenvalue weighted by Gasteiger charge is 2.32. The van der Waals surface area contributed by atoms with E-state index in [4.69, 9.17) is 27.9 Å². The molecule has 1 fully saturated rings. The Bertz CT molecular complexity index is 1480. The topological polar surface area (TPSA) is 61.5 Å². The average molecular weight is 535 g/mol. The first kappa shape index (κ1) is 24.1. The minimum atomic E-state index is -0.0180. The van der Waals surface area contributed by atoms with Gasteiger partial charge in [0.05, 0.1) is 40.2 Å². The van der Waals surface area contributed by atoms with Crippen LogP contribution in [0.4, 0.5) is 4.79 Å². The Hall–Kier alpha value is -3.22. The summed E-state index contributed by atoms with van der Waals surface area (Å²) in [5, 5.41) is 1.04. The number of likely N-dealkylation sites (tertiary alicyclic amines) is 1. The zero-order valence-electron chi connectivity index (χ0n) is 20.6. The molecule has 190 valence electrons. The molecule has 0 saturated carbocycles. The second-order valence-electron chi connectivity index (χ2n) is 9.81. The van der Waals surface area contributed by atoms with Crippen LogP contribution in [0, 0.1) is 6.92 Å². The van der Waals surface area contributed by atoms with Crippen molar-refractivity contribution in [2.45, 2.75) is 38.8 Å².